The zero-order chi connectivity index (χ0) is 18.2. The second-order valence-corrected chi connectivity index (χ2v) is 5.92. The fourth-order valence-corrected chi connectivity index (χ4v) is 2.84. The molecule has 0 radical (unpaired) electrons. The molecule has 2 rings (SSSR count). The second kappa shape index (κ2) is 9.05. The number of carbonyl (C=O) groups is 3. The predicted molar refractivity (Wildman–Crippen MR) is 91.3 cm³/mol. The summed E-state index contributed by atoms with van der Waals surface area (Å²) in [5, 5.41) is 13.0. The Balaban J connectivity index is 2.19. The van der Waals surface area contributed by atoms with Gasteiger partial charge in [0.15, 0.2) is 0 Å². The molecule has 0 bridgehead atoms. The summed E-state index contributed by atoms with van der Waals surface area (Å²) in [6, 6.07) is 5.09. The molecule has 25 heavy (non-hydrogen) atoms. The Labute approximate surface area is 147 Å². The fourth-order valence-electron chi connectivity index (χ4n) is 2.84. The van der Waals surface area contributed by atoms with Crippen molar-refractivity contribution in [3.63, 3.8) is 0 Å². The Bertz CT molecular complexity index is 638. The molecule has 0 saturated carbocycles. The quantitative estimate of drug-likeness (QED) is 0.747. The molecular formula is C18H23N2O5-. The summed E-state index contributed by atoms with van der Waals surface area (Å²) in [6.07, 6.45) is 2.80. The number of aliphatic carboxylic acids is 1. The highest BCUT2D eigenvalue weighted by atomic mass is 16.5. The lowest BCUT2D eigenvalue weighted by Gasteiger charge is -2.30. The molecule has 7 nitrogen and oxygen atoms in total. The van der Waals surface area contributed by atoms with Gasteiger partial charge >= 0.3 is 5.97 Å². The molecule has 0 spiro atoms. The third-order valence-electron chi connectivity index (χ3n) is 4.03. The number of piperidine rings is 1. The van der Waals surface area contributed by atoms with Crippen LogP contribution in [0.25, 0.3) is 0 Å². The predicted octanol–water partition coefficient (Wildman–Crippen LogP) is 1.32. The van der Waals surface area contributed by atoms with Crippen LogP contribution in [0.3, 0.4) is 0 Å². The van der Waals surface area contributed by atoms with Gasteiger partial charge in [-0.15, -0.1) is 0 Å². The zero-order valence-electron chi connectivity index (χ0n) is 14.4. The second-order valence-electron chi connectivity index (χ2n) is 5.92. The van der Waals surface area contributed by atoms with Crippen LogP contribution in [-0.4, -0.2) is 37.5 Å². The number of rotatable bonds is 7. The van der Waals surface area contributed by atoms with Crippen molar-refractivity contribution in [3.05, 3.63) is 23.8 Å². The van der Waals surface area contributed by atoms with E-state index in [1.807, 2.05) is 0 Å². The number of carboxylic acid groups (broad SMARTS) is 1. The molecule has 1 saturated heterocycles. The van der Waals surface area contributed by atoms with Gasteiger partial charge in [0.25, 0.3) is 0 Å². The van der Waals surface area contributed by atoms with Crippen LogP contribution in [0.2, 0.25) is 0 Å². The lowest BCUT2D eigenvalue weighted by atomic mass is 10.1. The van der Waals surface area contributed by atoms with Gasteiger partial charge in [0, 0.05) is 31.2 Å². The van der Waals surface area contributed by atoms with Crippen LogP contribution in [0.5, 0.6) is 0 Å². The first kappa shape index (κ1) is 18.8. The molecule has 1 aromatic rings. The van der Waals surface area contributed by atoms with E-state index in [1.54, 1.807) is 25.1 Å². The number of esters is 1. The van der Waals surface area contributed by atoms with E-state index in [0.717, 1.165) is 31.6 Å². The summed E-state index contributed by atoms with van der Waals surface area (Å²) in [5.74, 6) is -2.15. The summed E-state index contributed by atoms with van der Waals surface area (Å²) in [6.45, 7) is 3.76. The minimum atomic E-state index is -1.28. The number of hydrogen-bond donors (Lipinski definition) is 1. The van der Waals surface area contributed by atoms with Crippen LogP contribution >= 0.6 is 0 Å². The summed E-state index contributed by atoms with van der Waals surface area (Å²) in [5.41, 5.74) is 1.64. The highest BCUT2D eigenvalue weighted by Crippen LogP contribution is 2.28. The molecule has 1 aliphatic rings. The maximum absolute atomic E-state index is 12.3. The van der Waals surface area contributed by atoms with Gasteiger partial charge in [0.1, 0.15) is 0 Å². The lowest BCUT2D eigenvalue weighted by molar-refractivity contribution is -0.305. The summed E-state index contributed by atoms with van der Waals surface area (Å²) >= 11 is 0. The van der Waals surface area contributed by atoms with Gasteiger partial charge in [-0.3, -0.25) is 4.79 Å². The number of ether oxygens (including phenoxy) is 1. The van der Waals surface area contributed by atoms with Crippen LogP contribution in [0.4, 0.5) is 11.4 Å². The average molecular weight is 347 g/mol. The molecule has 0 aliphatic carbocycles. The number of benzene rings is 1. The SMILES string of the molecule is CCOC(=O)c1cc(NC(=O)CCC(=O)[O-])ccc1N1CCCCC1. The van der Waals surface area contributed by atoms with E-state index in [-0.39, 0.29) is 19.4 Å². The fraction of sp³-hybridized carbons (Fsp3) is 0.500. The standard InChI is InChI=1S/C18H24N2O5/c1-2-25-18(24)14-12-13(19-16(21)8-9-17(22)23)6-7-15(14)20-10-4-3-5-11-20/h6-7,12H,2-5,8-11H2,1H3,(H,19,21)(H,22,23)/p-1. The molecule has 1 aromatic carbocycles. The number of hydrogen-bond acceptors (Lipinski definition) is 6. The molecule has 7 heteroatoms. The van der Waals surface area contributed by atoms with E-state index in [4.69, 9.17) is 4.74 Å². The van der Waals surface area contributed by atoms with Crippen molar-refractivity contribution in [3.8, 4) is 0 Å². The summed E-state index contributed by atoms with van der Waals surface area (Å²) in [4.78, 5) is 36.7. The number of amides is 1. The van der Waals surface area contributed by atoms with Crippen molar-refractivity contribution in [1.29, 1.82) is 0 Å². The normalized spacial score (nSPS) is 14.0. The van der Waals surface area contributed by atoms with Crippen molar-refractivity contribution < 1.29 is 24.2 Å². The van der Waals surface area contributed by atoms with Gasteiger partial charge in [0.2, 0.25) is 5.91 Å². The van der Waals surface area contributed by atoms with Crippen molar-refractivity contribution >= 4 is 29.2 Å². The third kappa shape index (κ3) is 5.48. The first-order valence-electron chi connectivity index (χ1n) is 8.57. The van der Waals surface area contributed by atoms with E-state index >= 15 is 0 Å². The highest BCUT2D eigenvalue weighted by molar-refractivity contribution is 5.99. The van der Waals surface area contributed by atoms with Crippen LogP contribution in [0.15, 0.2) is 18.2 Å². The molecule has 0 unspecified atom stereocenters. The van der Waals surface area contributed by atoms with E-state index in [1.165, 1.54) is 6.42 Å². The van der Waals surface area contributed by atoms with Crippen LogP contribution in [0.1, 0.15) is 49.4 Å². The molecule has 1 fully saturated rings. The van der Waals surface area contributed by atoms with Gasteiger partial charge in [0.05, 0.1) is 17.9 Å². The maximum Gasteiger partial charge on any atom is 0.340 e. The molecule has 1 N–H and O–H groups in total. The van der Waals surface area contributed by atoms with E-state index in [9.17, 15) is 19.5 Å². The van der Waals surface area contributed by atoms with Crippen molar-refractivity contribution in [2.45, 2.75) is 39.0 Å². The van der Waals surface area contributed by atoms with Gasteiger partial charge in [-0.1, -0.05) is 0 Å². The van der Waals surface area contributed by atoms with Crippen LogP contribution < -0.4 is 15.3 Å². The maximum atomic E-state index is 12.3. The van der Waals surface area contributed by atoms with Crippen molar-refractivity contribution in [2.75, 3.05) is 29.9 Å². The number of carbonyl (C=O) groups excluding carboxylic acids is 3. The van der Waals surface area contributed by atoms with Crippen LogP contribution in [0, 0.1) is 0 Å². The average Bonchev–Trinajstić information content (AvgIpc) is 2.61. The lowest BCUT2D eigenvalue weighted by Crippen LogP contribution is -2.31. The highest BCUT2D eigenvalue weighted by Gasteiger charge is 2.20. The molecule has 0 atom stereocenters. The first-order valence-corrected chi connectivity index (χ1v) is 8.57. The Morgan fingerprint density at radius 2 is 1.88 bits per heavy atom. The van der Waals surface area contributed by atoms with E-state index in [2.05, 4.69) is 10.2 Å². The molecular weight excluding hydrogens is 324 g/mol. The first-order chi connectivity index (χ1) is 12.0. The van der Waals surface area contributed by atoms with Gasteiger partial charge in [-0.25, -0.2) is 4.79 Å². The van der Waals surface area contributed by atoms with Crippen LogP contribution in [-0.2, 0) is 14.3 Å². The summed E-state index contributed by atoms with van der Waals surface area (Å²) < 4.78 is 5.13. The molecule has 1 amide bonds. The number of nitrogens with one attached hydrogen (secondary N) is 1. The Morgan fingerprint density at radius 3 is 2.52 bits per heavy atom. The van der Waals surface area contributed by atoms with Crippen molar-refractivity contribution in [1.82, 2.24) is 0 Å². The monoisotopic (exact) mass is 347 g/mol. The summed E-state index contributed by atoms with van der Waals surface area (Å²) in [7, 11) is 0. The van der Waals surface area contributed by atoms with Crippen molar-refractivity contribution in [2.24, 2.45) is 0 Å². The molecule has 0 aromatic heterocycles. The molecule has 1 heterocycles. The largest absolute Gasteiger partial charge is 0.550 e. The van der Waals surface area contributed by atoms with Gasteiger partial charge in [-0.05, 0) is 50.8 Å². The number of carboxylic acids is 1. The Kier molecular flexibility index (Phi) is 6.80. The number of anilines is 2. The minimum Gasteiger partial charge on any atom is -0.550 e. The van der Waals surface area contributed by atoms with E-state index in [0.29, 0.717) is 11.3 Å². The minimum absolute atomic E-state index is 0.176. The van der Waals surface area contributed by atoms with Gasteiger partial charge < -0.3 is 24.9 Å². The Morgan fingerprint density at radius 1 is 1.16 bits per heavy atom. The third-order valence-corrected chi connectivity index (χ3v) is 4.03. The molecule has 136 valence electrons. The molecule has 1 aliphatic heterocycles. The zero-order valence-corrected chi connectivity index (χ0v) is 14.4. The van der Waals surface area contributed by atoms with Gasteiger partial charge in [-0.2, -0.15) is 0 Å². The Hall–Kier alpha value is -2.57. The number of nitrogens with zero attached hydrogens (tertiary/aromatic N) is 1. The topological polar surface area (TPSA) is 98.8 Å². The smallest absolute Gasteiger partial charge is 0.340 e. The van der Waals surface area contributed by atoms with E-state index < -0.39 is 17.8 Å².